The number of hydrogen-bond acceptors (Lipinski definition) is 5. The van der Waals surface area contributed by atoms with Crippen molar-refractivity contribution in [3.05, 3.63) is 45.8 Å². The molecule has 0 saturated heterocycles. The molecule has 0 atom stereocenters. The number of amides is 2. The first kappa shape index (κ1) is 19.5. The molecular formula is C19H24N2O5. The maximum atomic E-state index is 12.1. The van der Waals surface area contributed by atoms with Gasteiger partial charge in [0, 0.05) is 24.5 Å². The van der Waals surface area contributed by atoms with E-state index >= 15 is 0 Å². The highest BCUT2D eigenvalue weighted by molar-refractivity contribution is 5.87. The van der Waals surface area contributed by atoms with Gasteiger partial charge in [0.05, 0.1) is 6.42 Å². The summed E-state index contributed by atoms with van der Waals surface area (Å²) in [6, 6.07) is 6.83. The van der Waals surface area contributed by atoms with Gasteiger partial charge in [-0.3, -0.25) is 4.79 Å². The van der Waals surface area contributed by atoms with Crippen molar-refractivity contribution in [2.24, 2.45) is 0 Å². The van der Waals surface area contributed by atoms with Crippen molar-refractivity contribution in [1.82, 2.24) is 10.6 Å². The minimum absolute atomic E-state index is 0.0532. The highest BCUT2D eigenvalue weighted by atomic mass is 16.6. The van der Waals surface area contributed by atoms with Crippen molar-refractivity contribution in [1.29, 1.82) is 0 Å². The van der Waals surface area contributed by atoms with E-state index in [-0.39, 0.29) is 25.4 Å². The summed E-state index contributed by atoms with van der Waals surface area (Å²) in [4.78, 5) is 35.3. The van der Waals surface area contributed by atoms with Gasteiger partial charge in [-0.1, -0.05) is 12.1 Å². The Hall–Kier alpha value is -2.83. The molecule has 0 saturated carbocycles. The van der Waals surface area contributed by atoms with Crippen LogP contribution in [0.3, 0.4) is 0 Å². The molecule has 0 fully saturated rings. The van der Waals surface area contributed by atoms with E-state index in [1.54, 1.807) is 26.8 Å². The molecule has 0 radical (unpaired) electrons. The Bertz CT molecular complexity index is 864. The Balaban J connectivity index is 1.90. The monoisotopic (exact) mass is 360 g/mol. The van der Waals surface area contributed by atoms with Crippen LogP contribution in [-0.4, -0.2) is 30.7 Å². The quantitative estimate of drug-likeness (QED) is 0.630. The predicted octanol–water partition coefficient (Wildman–Crippen LogP) is 2.28. The molecule has 7 heteroatoms. The van der Waals surface area contributed by atoms with Crippen molar-refractivity contribution < 1.29 is 18.7 Å². The summed E-state index contributed by atoms with van der Waals surface area (Å²) in [5.41, 5.74) is 0.981. The lowest BCUT2D eigenvalue weighted by molar-refractivity contribution is -0.120. The van der Waals surface area contributed by atoms with Gasteiger partial charge in [-0.15, -0.1) is 0 Å². The highest BCUT2D eigenvalue weighted by Crippen LogP contribution is 2.18. The van der Waals surface area contributed by atoms with E-state index in [0.717, 1.165) is 10.9 Å². The van der Waals surface area contributed by atoms with Gasteiger partial charge < -0.3 is 19.8 Å². The maximum Gasteiger partial charge on any atom is 0.407 e. The zero-order chi connectivity index (χ0) is 19.3. The average molecular weight is 360 g/mol. The summed E-state index contributed by atoms with van der Waals surface area (Å²) in [6.45, 7) is 7.73. The Morgan fingerprint density at radius 1 is 1.12 bits per heavy atom. The fraction of sp³-hybridized carbons (Fsp3) is 0.421. The van der Waals surface area contributed by atoms with E-state index in [1.807, 2.05) is 19.1 Å². The van der Waals surface area contributed by atoms with Crippen LogP contribution < -0.4 is 16.3 Å². The number of benzene rings is 1. The molecule has 0 unspecified atom stereocenters. The highest BCUT2D eigenvalue weighted by Gasteiger charge is 2.15. The van der Waals surface area contributed by atoms with Crippen molar-refractivity contribution in [2.45, 2.75) is 39.7 Å². The van der Waals surface area contributed by atoms with Gasteiger partial charge in [0.2, 0.25) is 5.91 Å². The van der Waals surface area contributed by atoms with Crippen LogP contribution in [0.25, 0.3) is 11.0 Å². The second-order valence-electron chi connectivity index (χ2n) is 7.05. The number of aryl methyl sites for hydroxylation is 1. The molecule has 2 rings (SSSR count). The number of nitrogens with one attached hydrogen (secondary N) is 2. The van der Waals surface area contributed by atoms with E-state index < -0.39 is 17.3 Å². The largest absolute Gasteiger partial charge is 0.444 e. The topological polar surface area (TPSA) is 97.6 Å². The van der Waals surface area contributed by atoms with Gasteiger partial charge >= 0.3 is 11.7 Å². The lowest BCUT2D eigenvalue weighted by Gasteiger charge is -2.19. The SMILES string of the molecule is Cc1ccc2c(CC(=O)NCCNC(=O)OC(C)(C)C)cc(=O)oc2c1. The molecule has 26 heavy (non-hydrogen) atoms. The number of ether oxygens (including phenoxy) is 1. The molecule has 140 valence electrons. The Morgan fingerprint density at radius 3 is 2.50 bits per heavy atom. The van der Waals surface area contributed by atoms with Crippen LogP contribution in [0.1, 0.15) is 31.9 Å². The molecule has 0 aliphatic heterocycles. The molecule has 0 aliphatic carbocycles. The fourth-order valence-corrected chi connectivity index (χ4v) is 2.40. The normalized spacial score (nSPS) is 11.2. The van der Waals surface area contributed by atoms with Crippen molar-refractivity contribution in [3.8, 4) is 0 Å². The van der Waals surface area contributed by atoms with E-state index in [4.69, 9.17) is 9.15 Å². The third-order valence-corrected chi connectivity index (χ3v) is 3.45. The zero-order valence-electron chi connectivity index (χ0n) is 15.5. The van der Waals surface area contributed by atoms with Gasteiger partial charge in [-0.05, 0) is 44.9 Å². The summed E-state index contributed by atoms with van der Waals surface area (Å²) in [5, 5.41) is 6.00. The van der Waals surface area contributed by atoms with Gasteiger partial charge in [0.15, 0.2) is 0 Å². The molecular weight excluding hydrogens is 336 g/mol. The third-order valence-electron chi connectivity index (χ3n) is 3.45. The van der Waals surface area contributed by atoms with E-state index in [9.17, 15) is 14.4 Å². The van der Waals surface area contributed by atoms with E-state index in [0.29, 0.717) is 11.1 Å². The van der Waals surface area contributed by atoms with Crippen LogP contribution in [0.15, 0.2) is 33.5 Å². The molecule has 2 N–H and O–H groups in total. The number of carbonyl (C=O) groups is 2. The van der Waals surface area contributed by atoms with E-state index in [2.05, 4.69) is 10.6 Å². The first-order valence-corrected chi connectivity index (χ1v) is 8.41. The molecule has 7 nitrogen and oxygen atoms in total. The van der Waals surface area contributed by atoms with Crippen LogP contribution in [0.2, 0.25) is 0 Å². The summed E-state index contributed by atoms with van der Waals surface area (Å²) in [7, 11) is 0. The van der Waals surface area contributed by atoms with Gasteiger partial charge in [-0.2, -0.15) is 0 Å². The van der Waals surface area contributed by atoms with Crippen LogP contribution in [0.5, 0.6) is 0 Å². The number of hydrogen-bond donors (Lipinski definition) is 2. The standard InChI is InChI=1S/C19H24N2O5/c1-12-5-6-14-13(11-17(23)25-15(14)9-12)10-16(22)20-7-8-21-18(24)26-19(2,3)4/h5-6,9,11H,7-8,10H2,1-4H3,(H,20,22)(H,21,24). The zero-order valence-corrected chi connectivity index (χ0v) is 15.5. The minimum atomic E-state index is -0.568. The van der Waals surface area contributed by atoms with Crippen molar-refractivity contribution >= 4 is 23.0 Å². The second-order valence-corrected chi connectivity index (χ2v) is 7.05. The molecule has 2 amide bonds. The van der Waals surface area contributed by atoms with Crippen molar-refractivity contribution in [2.75, 3.05) is 13.1 Å². The Morgan fingerprint density at radius 2 is 1.81 bits per heavy atom. The summed E-state index contributed by atoms with van der Waals surface area (Å²) >= 11 is 0. The molecule has 0 spiro atoms. The smallest absolute Gasteiger partial charge is 0.407 e. The maximum absolute atomic E-state index is 12.1. The summed E-state index contributed by atoms with van der Waals surface area (Å²) in [5.74, 6) is -0.247. The van der Waals surface area contributed by atoms with Gasteiger partial charge in [0.25, 0.3) is 0 Å². The minimum Gasteiger partial charge on any atom is -0.444 e. The molecule has 1 heterocycles. The first-order valence-electron chi connectivity index (χ1n) is 8.41. The molecule has 2 aromatic rings. The predicted molar refractivity (Wildman–Crippen MR) is 98.2 cm³/mol. The van der Waals surface area contributed by atoms with Crippen LogP contribution in [0, 0.1) is 6.92 Å². The lowest BCUT2D eigenvalue weighted by Crippen LogP contribution is -2.38. The van der Waals surface area contributed by atoms with Crippen LogP contribution >= 0.6 is 0 Å². The molecule has 1 aromatic heterocycles. The third kappa shape index (κ3) is 5.91. The number of rotatable bonds is 5. The Kier molecular flexibility index (Phi) is 6.02. The first-order chi connectivity index (χ1) is 12.1. The van der Waals surface area contributed by atoms with Crippen LogP contribution in [-0.2, 0) is 16.0 Å². The second kappa shape index (κ2) is 8.03. The van der Waals surface area contributed by atoms with Gasteiger partial charge in [-0.25, -0.2) is 9.59 Å². The summed E-state index contributed by atoms with van der Waals surface area (Å²) < 4.78 is 10.3. The molecule has 0 aliphatic rings. The fourth-order valence-electron chi connectivity index (χ4n) is 2.40. The molecule has 1 aromatic carbocycles. The molecule has 0 bridgehead atoms. The average Bonchev–Trinajstić information content (AvgIpc) is 2.49. The van der Waals surface area contributed by atoms with Crippen LogP contribution in [0.4, 0.5) is 4.79 Å². The van der Waals surface area contributed by atoms with Gasteiger partial charge in [0.1, 0.15) is 11.2 Å². The van der Waals surface area contributed by atoms with E-state index in [1.165, 1.54) is 6.07 Å². The summed E-state index contributed by atoms with van der Waals surface area (Å²) in [6.07, 6.45) is -0.480. The van der Waals surface area contributed by atoms with Crippen molar-refractivity contribution in [3.63, 3.8) is 0 Å². The number of alkyl carbamates (subject to hydrolysis) is 1. The lowest BCUT2D eigenvalue weighted by atomic mass is 10.1. The Labute approximate surface area is 151 Å². The number of carbonyl (C=O) groups excluding carboxylic acids is 2. The number of fused-ring (bicyclic) bond motifs is 1.